The largest absolute Gasteiger partial charge is 0.505 e. The molecule has 0 radical (unpaired) electrons. The van der Waals surface area contributed by atoms with Crippen LogP contribution in [0.1, 0.15) is 20.7 Å². The number of anilines is 4. The summed E-state index contributed by atoms with van der Waals surface area (Å²) in [5.41, 5.74) is -1.36. The quantitative estimate of drug-likeness (QED) is 0.0612. The molecule has 0 atom stereocenters. The van der Waals surface area contributed by atoms with Gasteiger partial charge in [0.05, 0.1) is 27.5 Å². The monoisotopic (exact) mass is 681 g/mol. The number of aldehydes is 1. The summed E-state index contributed by atoms with van der Waals surface area (Å²) in [6, 6.07) is 12.9. The van der Waals surface area contributed by atoms with Gasteiger partial charge in [-0.1, -0.05) is 24.3 Å². The Bertz CT molecular complexity index is 2350. The topological polar surface area (TPSA) is 291 Å². The number of phenols is 1. The molecular formula is C27H19N7O11S2. The molecule has 18 nitrogen and oxygen atoms in total. The molecule has 1 heterocycles. The first-order chi connectivity index (χ1) is 22.2. The highest BCUT2D eigenvalue weighted by atomic mass is 32.2. The van der Waals surface area contributed by atoms with Crippen molar-refractivity contribution in [3.05, 3.63) is 77.9 Å². The lowest BCUT2D eigenvalue weighted by atomic mass is 10.1. The summed E-state index contributed by atoms with van der Waals surface area (Å²) in [6.07, 6.45) is 0.449. The van der Waals surface area contributed by atoms with Crippen LogP contribution in [0, 0.1) is 0 Å². The molecule has 0 amide bonds. The Balaban J connectivity index is 1.71. The molecule has 0 aliphatic heterocycles. The molecule has 240 valence electrons. The number of para-hydroxylation sites is 1. The van der Waals surface area contributed by atoms with E-state index in [0.29, 0.717) is 6.29 Å². The minimum Gasteiger partial charge on any atom is -0.505 e. The molecule has 0 unspecified atom stereocenters. The second-order valence-corrected chi connectivity index (χ2v) is 12.2. The van der Waals surface area contributed by atoms with Crippen LogP contribution in [0.15, 0.2) is 86.7 Å². The zero-order chi connectivity index (χ0) is 34.1. The standard InChI is InChI=1S/C27H19N7O11S2/c35-12-13-5-1-3-7-17(13)33-34-22-20(47(43,44)45)10-14-9-15(46(40,41)42)11-19(21(14)23(22)36)29-26-30-25(31-27(39)32-26)28-18-8-4-2-6-16(18)24(37)38/h1-12,36H,(H,37,38)(H,40,41,42)(H,43,44,45)(H3,28,29,30,31,32,39)/b34-33+. The number of hydrogen-bond acceptors (Lipinski definition) is 15. The molecule has 0 spiro atoms. The van der Waals surface area contributed by atoms with Crippen LogP contribution in [-0.2, 0) is 20.2 Å². The maximum atomic E-state index is 12.3. The van der Waals surface area contributed by atoms with Gasteiger partial charge >= 0.3 is 12.0 Å². The molecule has 0 bridgehead atoms. The summed E-state index contributed by atoms with van der Waals surface area (Å²) in [5.74, 6) is -3.16. The van der Waals surface area contributed by atoms with Gasteiger partial charge in [0.1, 0.15) is 10.6 Å². The third-order valence-electron chi connectivity index (χ3n) is 6.29. The number of aromatic hydroxyl groups is 2. The van der Waals surface area contributed by atoms with Crippen LogP contribution >= 0.6 is 0 Å². The Morgan fingerprint density at radius 1 is 0.787 bits per heavy atom. The number of azo groups is 1. The summed E-state index contributed by atoms with van der Waals surface area (Å²) in [6.45, 7) is 0. The van der Waals surface area contributed by atoms with Crippen LogP contribution in [0.2, 0.25) is 0 Å². The maximum absolute atomic E-state index is 12.3. The minimum absolute atomic E-state index is 0.0249. The van der Waals surface area contributed by atoms with Crippen molar-refractivity contribution in [3.8, 4) is 11.8 Å². The number of nitrogens with zero attached hydrogens (tertiary/aromatic N) is 5. The average Bonchev–Trinajstić information content (AvgIpc) is 2.99. The van der Waals surface area contributed by atoms with Gasteiger partial charge in [-0.3, -0.25) is 13.9 Å². The Morgan fingerprint density at radius 3 is 2.06 bits per heavy atom. The number of benzene rings is 4. The van der Waals surface area contributed by atoms with E-state index in [0.717, 1.165) is 18.2 Å². The van der Waals surface area contributed by atoms with Crippen LogP contribution in [-0.4, -0.2) is 68.5 Å². The molecule has 47 heavy (non-hydrogen) atoms. The van der Waals surface area contributed by atoms with Crippen LogP contribution in [0.25, 0.3) is 10.8 Å². The highest BCUT2D eigenvalue weighted by molar-refractivity contribution is 7.86. The van der Waals surface area contributed by atoms with E-state index in [-0.39, 0.29) is 39.2 Å². The number of fused-ring (bicyclic) bond motifs is 1. The first kappa shape index (κ1) is 32.3. The third kappa shape index (κ3) is 6.94. The molecule has 4 aromatic carbocycles. The fourth-order valence-electron chi connectivity index (χ4n) is 4.28. The lowest BCUT2D eigenvalue weighted by molar-refractivity contribution is 0.0697. The van der Waals surface area contributed by atoms with E-state index < -0.39 is 65.1 Å². The molecule has 20 heteroatoms. The van der Waals surface area contributed by atoms with Crippen LogP contribution in [0.5, 0.6) is 11.8 Å². The van der Waals surface area contributed by atoms with Crippen LogP contribution in [0.3, 0.4) is 0 Å². The summed E-state index contributed by atoms with van der Waals surface area (Å²) in [4.78, 5) is 32.6. The number of phenolic OH excluding ortho intramolecular Hbond substituents is 1. The normalized spacial score (nSPS) is 11.9. The third-order valence-corrected chi connectivity index (χ3v) is 7.99. The highest BCUT2D eigenvalue weighted by Crippen LogP contribution is 2.45. The summed E-state index contributed by atoms with van der Waals surface area (Å²) < 4.78 is 68.7. The number of carbonyl (C=O) groups is 2. The molecule has 1 aromatic heterocycles. The van der Waals surface area contributed by atoms with Crippen molar-refractivity contribution in [2.24, 2.45) is 10.2 Å². The smallest absolute Gasteiger partial charge is 0.337 e. The lowest BCUT2D eigenvalue weighted by Crippen LogP contribution is -2.07. The molecule has 5 rings (SSSR count). The summed E-state index contributed by atoms with van der Waals surface area (Å²) >= 11 is 0. The minimum atomic E-state index is -5.17. The number of carboxylic acid groups (broad SMARTS) is 1. The number of rotatable bonds is 10. The van der Waals surface area contributed by atoms with Gasteiger partial charge in [0.25, 0.3) is 20.2 Å². The second-order valence-electron chi connectivity index (χ2n) is 9.35. The van der Waals surface area contributed by atoms with Gasteiger partial charge in [-0.05, 0) is 47.9 Å². The van der Waals surface area contributed by atoms with E-state index >= 15 is 0 Å². The zero-order valence-corrected chi connectivity index (χ0v) is 24.8. The Labute approximate surface area is 263 Å². The fraction of sp³-hybridized carbons (Fsp3) is 0. The summed E-state index contributed by atoms with van der Waals surface area (Å²) in [5, 5.41) is 43.0. The number of nitrogens with one attached hydrogen (secondary N) is 2. The van der Waals surface area contributed by atoms with Gasteiger partial charge in [-0.25, -0.2) is 4.79 Å². The van der Waals surface area contributed by atoms with Crippen molar-refractivity contribution >= 4 is 77.9 Å². The van der Waals surface area contributed by atoms with Crippen LogP contribution < -0.4 is 10.6 Å². The number of hydrogen-bond donors (Lipinski definition) is 7. The van der Waals surface area contributed by atoms with Gasteiger partial charge in [0, 0.05) is 10.9 Å². The second kappa shape index (κ2) is 12.4. The molecule has 5 aromatic rings. The molecule has 0 aliphatic rings. The Kier molecular flexibility index (Phi) is 8.50. The first-order valence-corrected chi connectivity index (χ1v) is 15.6. The average molecular weight is 682 g/mol. The van der Waals surface area contributed by atoms with E-state index in [2.05, 4.69) is 35.8 Å². The predicted octanol–water partition coefficient (Wildman–Crippen LogP) is 4.34. The fourth-order valence-corrected chi connectivity index (χ4v) is 5.48. The Hall–Kier alpha value is -6.09. The van der Waals surface area contributed by atoms with Crippen molar-refractivity contribution in [1.82, 2.24) is 15.0 Å². The van der Waals surface area contributed by atoms with Gasteiger partial charge in [0.15, 0.2) is 12.0 Å². The number of aromatic nitrogens is 3. The van der Waals surface area contributed by atoms with Crippen molar-refractivity contribution < 1.29 is 50.8 Å². The number of carboxylic acids is 1. The molecule has 0 fully saturated rings. The van der Waals surface area contributed by atoms with Crippen molar-refractivity contribution in [2.45, 2.75) is 9.79 Å². The van der Waals surface area contributed by atoms with Gasteiger partial charge in [-0.2, -0.15) is 31.8 Å². The molecule has 0 aliphatic carbocycles. The van der Waals surface area contributed by atoms with Crippen LogP contribution in [0.4, 0.5) is 34.6 Å². The molecule has 0 saturated carbocycles. The first-order valence-electron chi connectivity index (χ1n) is 12.7. The number of aromatic carboxylic acids is 1. The number of carbonyl (C=O) groups excluding carboxylic acids is 1. The van der Waals surface area contributed by atoms with Crippen molar-refractivity contribution in [2.75, 3.05) is 10.6 Å². The maximum Gasteiger partial charge on any atom is 0.337 e. The molecule has 0 saturated heterocycles. The van der Waals surface area contributed by atoms with Gasteiger partial charge in [0.2, 0.25) is 11.9 Å². The van der Waals surface area contributed by atoms with Crippen molar-refractivity contribution in [3.63, 3.8) is 0 Å². The predicted molar refractivity (Wildman–Crippen MR) is 163 cm³/mol. The van der Waals surface area contributed by atoms with E-state index in [1.54, 1.807) is 0 Å². The molecular weight excluding hydrogens is 662 g/mol. The van der Waals surface area contributed by atoms with E-state index in [1.807, 2.05) is 0 Å². The molecule has 7 N–H and O–H groups in total. The zero-order valence-electron chi connectivity index (χ0n) is 23.2. The lowest BCUT2D eigenvalue weighted by Gasteiger charge is -2.15. The van der Waals surface area contributed by atoms with E-state index in [4.69, 9.17) is 0 Å². The van der Waals surface area contributed by atoms with Gasteiger partial charge in [-0.15, -0.1) is 10.2 Å². The highest BCUT2D eigenvalue weighted by Gasteiger charge is 2.26. The van der Waals surface area contributed by atoms with Gasteiger partial charge < -0.3 is 26.0 Å². The SMILES string of the molecule is O=Cc1ccccc1/N=N/c1c(S(=O)(=O)O)cc2cc(S(=O)(=O)O)cc(Nc3nc(O)nc(Nc4ccccc4C(=O)O)n3)c2c1O. The Morgan fingerprint density at radius 2 is 1.43 bits per heavy atom. The van der Waals surface area contributed by atoms with E-state index in [9.17, 15) is 50.8 Å². The van der Waals surface area contributed by atoms with E-state index in [1.165, 1.54) is 48.5 Å². The van der Waals surface area contributed by atoms with Crippen molar-refractivity contribution in [1.29, 1.82) is 0 Å². The summed E-state index contributed by atoms with van der Waals surface area (Å²) in [7, 11) is -10.2.